The molecule has 0 radical (unpaired) electrons. The first-order valence-corrected chi connectivity index (χ1v) is 12.4. The van der Waals surface area contributed by atoms with Crippen LogP contribution >= 0.6 is 43.5 Å². The van der Waals surface area contributed by atoms with Crippen molar-refractivity contribution < 1.29 is 23.1 Å². The molecule has 0 bridgehead atoms. The SMILES string of the molecule is CCOc1cc(/C=N\NC(=O)c2cc3cc(Br)cc(Br)c3o2)cc(Cl)c1OCc1ccc(F)cc1. The third kappa shape index (κ3) is 6.22. The monoisotopic (exact) mass is 622 g/mol. The second-order valence-corrected chi connectivity index (χ2v) is 9.47. The van der Waals surface area contributed by atoms with E-state index in [1.54, 1.807) is 30.3 Å². The second kappa shape index (κ2) is 11.2. The van der Waals surface area contributed by atoms with Crippen LogP contribution in [0.2, 0.25) is 5.02 Å². The van der Waals surface area contributed by atoms with Crippen LogP contribution in [0.1, 0.15) is 28.6 Å². The molecule has 0 spiro atoms. The Balaban J connectivity index is 1.47. The van der Waals surface area contributed by atoms with Gasteiger partial charge >= 0.3 is 5.91 Å². The Hall–Kier alpha value is -2.88. The molecular formula is C25H18Br2ClFN2O4. The van der Waals surface area contributed by atoms with Crippen LogP contribution in [0.25, 0.3) is 11.0 Å². The van der Waals surface area contributed by atoms with Crippen LogP contribution in [0.15, 0.2) is 73.1 Å². The number of carbonyl (C=O) groups is 1. The number of hydrazone groups is 1. The van der Waals surface area contributed by atoms with Crippen molar-refractivity contribution in [3.05, 3.63) is 91.3 Å². The summed E-state index contributed by atoms with van der Waals surface area (Å²) in [5.74, 6) is 0.0730. The number of amides is 1. The highest BCUT2D eigenvalue weighted by molar-refractivity contribution is 9.11. The largest absolute Gasteiger partial charge is 0.490 e. The first-order chi connectivity index (χ1) is 16.8. The fourth-order valence-electron chi connectivity index (χ4n) is 3.21. The van der Waals surface area contributed by atoms with Crippen molar-refractivity contribution in [1.82, 2.24) is 5.43 Å². The molecule has 35 heavy (non-hydrogen) atoms. The normalized spacial score (nSPS) is 11.2. The Bertz CT molecular complexity index is 1410. The van der Waals surface area contributed by atoms with E-state index < -0.39 is 5.91 Å². The molecule has 4 rings (SSSR count). The van der Waals surface area contributed by atoms with Gasteiger partial charge in [0.25, 0.3) is 0 Å². The van der Waals surface area contributed by atoms with Crippen LogP contribution in [0.5, 0.6) is 11.5 Å². The minimum absolute atomic E-state index is 0.119. The first-order valence-electron chi connectivity index (χ1n) is 10.4. The summed E-state index contributed by atoms with van der Waals surface area (Å²) in [5, 5.41) is 5.08. The molecule has 0 atom stereocenters. The zero-order valence-corrected chi connectivity index (χ0v) is 22.2. The van der Waals surface area contributed by atoms with Gasteiger partial charge in [0.15, 0.2) is 17.3 Å². The lowest BCUT2D eigenvalue weighted by atomic mass is 10.2. The van der Waals surface area contributed by atoms with Gasteiger partial charge in [-0.1, -0.05) is 39.7 Å². The molecule has 6 nitrogen and oxygen atoms in total. The zero-order chi connectivity index (χ0) is 24.9. The molecule has 0 unspecified atom stereocenters. The lowest BCUT2D eigenvalue weighted by Crippen LogP contribution is -2.16. The van der Waals surface area contributed by atoms with Gasteiger partial charge in [-0.3, -0.25) is 4.79 Å². The fourth-order valence-corrected chi connectivity index (χ4v) is 4.82. The summed E-state index contributed by atoms with van der Waals surface area (Å²) in [6.07, 6.45) is 1.44. The van der Waals surface area contributed by atoms with Crippen LogP contribution in [0.4, 0.5) is 4.39 Å². The summed E-state index contributed by atoms with van der Waals surface area (Å²) in [7, 11) is 0. The molecule has 0 saturated carbocycles. The van der Waals surface area contributed by atoms with Gasteiger partial charge in [0.1, 0.15) is 18.0 Å². The van der Waals surface area contributed by atoms with Gasteiger partial charge in [-0.25, -0.2) is 9.82 Å². The summed E-state index contributed by atoms with van der Waals surface area (Å²) < 4.78 is 31.9. The standard InChI is InChI=1S/C25H18Br2ClFN2O4/c1-2-33-21-8-15(7-20(28)24(21)34-13-14-3-5-18(29)6-4-14)12-30-31-25(32)22-10-16-9-17(26)11-19(27)23(16)35-22/h3-12H,2,13H2,1H3,(H,31,32)/b30-12-. The average Bonchev–Trinajstić information content (AvgIpc) is 3.24. The van der Waals surface area contributed by atoms with Crippen molar-refractivity contribution >= 4 is 66.6 Å². The number of hydrogen-bond donors (Lipinski definition) is 1. The van der Waals surface area contributed by atoms with E-state index in [9.17, 15) is 9.18 Å². The topological polar surface area (TPSA) is 73.1 Å². The number of fused-ring (bicyclic) bond motifs is 1. The van der Waals surface area contributed by atoms with Gasteiger partial charge in [-0.15, -0.1) is 0 Å². The summed E-state index contributed by atoms with van der Waals surface area (Å²) in [6, 6.07) is 14.6. The lowest BCUT2D eigenvalue weighted by Gasteiger charge is -2.14. The lowest BCUT2D eigenvalue weighted by molar-refractivity contribution is 0.0929. The average molecular weight is 625 g/mol. The maximum absolute atomic E-state index is 13.1. The summed E-state index contributed by atoms with van der Waals surface area (Å²) >= 11 is 13.3. The Labute approximate surface area is 222 Å². The van der Waals surface area contributed by atoms with Crippen molar-refractivity contribution in [2.75, 3.05) is 6.61 Å². The van der Waals surface area contributed by atoms with E-state index in [4.69, 9.17) is 25.5 Å². The molecule has 0 saturated heterocycles. The van der Waals surface area contributed by atoms with Gasteiger partial charge in [-0.05, 0) is 76.4 Å². The Morgan fingerprint density at radius 3 is 2.66 bits per heavy atom. The second-order valence-electron chi connectivity index (χ2n) is 7.29. The van der Waals surface area contributed by atoms with Crippen LogP contribution in [-0.2, 0) is 6.61 Å². The summed E-state index contributed by atoms with van der Waals surface area (Å²) in [4.78, 5) is 12.5. The minimum atomic E-state index is -0.504. The smallest absolute Gasteiger partial charge is 0.307 e. The zero-order valence-electron chi connectivity index (χ0n) is 18.3. The Kier molecular flexibility index (Phi) is 8.10. The molecule has 1 aromatic heterocycles. The summed E-state index contributed by atoms with van der Waals surface area (Å²) in [6.45, 7) is 2.41. The predicted molar refractivity (Wildman–Crippen MR) is 140 cm³/mol. The molecule has 0 aliphatic heterocycles. The highest BCUT2D eigenvalue weighted by atomic mass is 79.9. The maximum atomic E-state index is 13.1. The van der Waals surface area contributed by atoms with Crippen LogP contribution in [0.3, 0.4) is 0 Å². The number of halogens is 4. The molecule has 4 aromatic rings. The number of benzene rings is 3. The molecule has 180 valence electrons. The highest BCUT2D eigenvalue weighted by Crippen LogP contribution is 2.37. The van der Waals surface area contributed by atoms with Gasteiger partial charge in [0.2, 0.25) is 0 Å². The van der Waals surface area contributed by atoms with E-state index in [-0.39, 0.29) is 18.2 Å². The first kappa shape index (κ1) is 25.2. The van der Waals surface area contributed by atoms with Gasteiger partial charge in [0, 0.05) is 9.86 Å². The molecular weight excluding hydrogens is 607 g/mol. The van der Waals surface area contributed by atoms with Crippen molar-refractivity contribution in [2.45, 2.75) is 13.5 Å². The van der Waals surface area contributed by atoms with Gasteiger partial charge in [-0.2, -0.15) is 5.10 Å². The van der Waals surface area contributed by atoms with E-state index in [0.29, 0.717) is 34.3 Å². The van der Waals surface area contributed by atoms with Crippen LogP contribution < -0.4 is 14.9 Å². The Morgan fingerprint density at radius 1 is 1.14 bits per heavy atom. The Morgan fingerprint density at radius 2 is 1.91 bits per heavy atom. The number of carbonyl (C=O) groups excluding carboxylic acids is 1. The van der Waals surface area contributed by atoms with Crippen LogP contribution in [0, 0.1) is 5.82 Å². The van der Waals surface area contributed by atoms with Crippen LogP contribution in [-0.4, -0.2) is 18.7 Å². The van der Waals surface area contributed by atoms with E-state index in [2.05, 4.69) is 42.4 Å². The molecule has 0 aliphatic rings. The quantitative estimate of drug-likeness (QED) is 0.163. The van der Waals surface area contributed by atoms with E-state index >= 15 is 0 Å². The molecule has 0 aliphatic carbocycles. The number of furan rings is 1. The van der Waals surface area contributed by atoms with Crippen molar-refractivity contribution in [3.63, 3.8) is 0 Å². The number of nitrogens with zero attached hydrogens (tertiary/aromatic N) is 1. The third-order valence-electron chi connectivity index (χ3n) is 4.77. The highest BCUT2D eigenvalue weighted by Gasteiger charge is 2.15. The fraction of sp³-hybridized carbons (Fsp3) is 0.120. The number of rotatable bonds is 8. The van der Waals surface area contributed by atoms with E-state index in [0.717, 1.165) is 19.9 Å². The molecule has 1 N–H and O–H groups in total. The van der Waals surface area contributed by atoms with Crippen molar-refractivity contribution in [3.8, 4) is 11.5 Å². The molecule has 10 heteroatoms. The number of ether oxygens (including phenoxy) is 2. The summed E-state index contributed by atoms with van der Waals surface area (Å²) in [5.41, 5.74) is 4.37. The molecule has 3 aromatic carbocycles. The molecule has 1 amide bonds. The van der Waals surface area contributed by atoms with Crippen molar-refractivity contribution in [1.29, 1.82) is 0 Å². The predicted octanol–water partition coefficient (Wildman–Crippen LogP) is 7.49. The van der Waals surface area contributed by atoms with Gasteiger partial charge < -0.3 is 13.9 Å². The molecule has 0 fully saturated rings. The number of hydrogen-bond acceptors (Lipinski definition) is 5. The van der Waals surface area contributed by atoms with Crippen molar-refractivity contribution in [2.24, 2.45) is 5.10 Å². The van der Waals surface area contributed by atoms with E-state index in [1.165, 1.54) is 18.3 Å². The van der Waals surface area contributed by atoms with E-state index in [1.807, 2.05) is 19.1 Å². The number of nitrogens with one attached hydrogen (secondary N) is 1. The molecule has 1 heterocycles. The van der Waals surface area contributed by atoms with Gasteiger partial charge in [0.05, 0.1) is 22.3 Å². The maximum Gasteiger partial charge on any atom is 0.307 e. The third-order valence-corrected chi connectivity index (χ3v) is 6.09. The minimum Gasteiger partial charge on any atom is -0.490 e.